The van der Waals surface area contributed by atoms with Crippen LogP contribution in [0.5, 0.6) is 11.5 Å². The van der Waals surface area contributed by atoms with Crippen molar-refractivity contribution in [2.45, 2.75) is 27.4 Å². The maximum atomic E-state index is 12.8. The van der Waals surface area contributed by atoms with E-state index in [1.807, 2.05) is 44.2 Å². The highest BCUT2D eigenvalue weighted by Gasteiger charge is 2.67. The van der Waals surface area contributed by atoms with Gasteiger partial charge >= 0.3 is 5.97 Å². The van der Waals surface area contributed by atoms with E-state index in [9.17, 15) is 10.1 Å². The van der Waals surface area contributed by atoms with Gasteiger partial charge in [-0.1, -0.05) is 108 Å². The van der Waals surface area contributed by atoms with E-state index in [-0.39, 0.29) is 34.7 Å². The van der Waals surface area contributed by atoms with Crippen LogP contribution in [0.3, 0.4) is 0 Å². The molecule has 0 aromatic heterocycles. The van der Waals surface area contributed by atoms with Gasteiger partial charge in [0.15, 0.2) is 0 Å². The zero-order chi connectivity index (χ0) is 22.1. The number of halogens is 4. The van der Waals surface area contributed by atoms with E-state index in [0.29, 0.717) is 22.6 Å². The third-order valence-electron chi connectivity index (χ3n) is 5.36. The van der Waals surface area contributed by atoms with E-state index in [1.54, 1.807) is 18.2 Å². The Bertz CT molecular complexity index is 967. The molecule has 1 fully saturated rings. The van der Waals surface area contributed by atoms with Crippen LogP contribution in [-0.4, -0.2) is 12.9 Å². The van der Waals surface area contributed by atoms with Crippen LogP contribution in [0.1, 0.15) is 25.0 Å². The van der Waals surface area contributed by atoms with Gasteiger partial charge in [-0.3, -0.25) is 4.79 Å². The molecule has 0 unspecified atom stereocenters. The second kappa shape index (κ2) is 9.32. The lowest BCUT2D eigenvalue weighted by Crippen LogP contribution is -2.22. The number of alkyl halides is 4. The van der Waals surface area contributed by atoms with Crippen LogP contribution in [-0.2, 0) is 16.1 Å². The van der Waals surface area contributed by atoms with Gasteiger partial charge in [-0.2, -0.15) is 5.26 Å². The summed E-state index contributed by atoms with van der Waals surface area (Å²) in [4.78, 5) is 12.8. The van der Waals surface area contributed by atoms with Gasteiger partial charge in [0.05, 0.1) is 10.7 Å². The van der Waals surface area contributed by atoms with Crippen LogP contribution in [0.2, 0.25) is 0 Å². The lowest BCUT2D eigenvalue weighted by Gasteiger charge is -2.20. The Morgan fingerprint density at radius 3 is 2.43 bits per heavy atom. The Kier molecular flexibility index (Phi) is 7.38. The lowest BCUT2D eigenvalue weighted by molar-refractivity contribution is -0.147. The smallest absolute Gasteiger partial charge is 0.310 e. The first-order valence-corrected chi connectivity index (χ1v) is 12.5. The lowest BCUT2D eigenvalue weighted by atomic mass is 10.1. The summed E-state index contributed by atoms with van der Waals surface area (Å²) in [5.41, 5.74) is 0.766. The Morgan fingerprint density at radius 2 is 1.83 bits per heavy atom. The van der Waals surface area contributed by atoms with E-state index < -0.39 is 2.14 Å². The maximum Gasteiger partial charge on any atom is 0.310 e. The number of hydrogen-bond acceptors (Lipinski definition) is 4. The van der Waals surface area contributed by atoms with Crippen molar-refractivity contribution >= 4 is 69.7 Å². The minimum atomic E-state index is -0.513. The van der Waals surface area contributed by atoms with Crippen molar-refractivity contribution in [3.05, 3.63) is 59.7 Å². The minimum absolute atomic E-state index is 0.0159. The summed E-state index contributed by atoms with van der Waals surface area (Å²) >= 11 is 14.2. The number of para-hydroxylation sites is 1. The average molecular weight is 665 g/mol. The number of nitriles is 1. The highest BCUT2D eigenvalue weighted by Crippen LogP contribution is 2.66. The number of hydrogen-bond donors (Lipinski definition) is 0. The summed E-state index contributed by atoms with van der Waals surface area (Å²) in [5.74, 6) is 0.626. The molecule has 158 valence electrons. The zero-order valence-corrected chi connectivity index (χ0v) is 22.6. The first kappa shape index (κ1) is 23.8. The molecule has 2 aromatic carbocycles. The van der Waals surface area contributed by atoms with Gasteiger partial charge in [-0.15, -0.1) is 0 Å². The predicted molar refractivity (Wildman–Crippen MR) is 130 cm³/mol. The van der Waals surface area contributed by atoms with Gasteiger partial charge in [0, 0.05) is 5.56 Å². The molecule has 1 aliphatic rings. The van der Waals surface area contributed by atoms with Gasteiger partial charge < -0.3 is 9.47 Å². The summed E-state index contributed by atoms with van der Waals surface area (Å²) in [6, 6.07) is 16.7. The molecule has 3 rings (SSSR count). The zero-order valence-electron chi connectivity index (χ0n) is 16.2. The third kappa shape index (κ3) is 5.12. The second-order valence-electron chi connectivity index (χ2n) is 7.69. The molecule has 0 N–H and O–H groups in total. The van der Waals surface area contributed by atoms with Gasteiger partial charge in [-0.25, -0.2) is 0 Å². The molecule has 0 heterocycles. The van der Waals surface area contributed by atoms with Gasteiger partial charge in [0.25, 0.3) is 0 Å². The number of benzene rings is 2. The molecule has 0 aliphatic heterocycles. The second-order valence-corrected chi connectivity index (χ2v) is 15.6. The normalized spacial score (nSPS) is 20.7. The Balaban J connectivity index is 1.71. The quantitative estimate of drug-likeness (QED) is 0.241. The highest BCUT2D eigenvalue weighted by molar-refractivity contribution is 9.40. The molecule has 0 radical (unpaired) electrons. The van der Waals surface area contributed by atoms with E-state index in [1.165, 1.54) is 0 Å². The minimum Gasteiger partial charge on any atom is -0.461 e. The van der Waals surface area contributed by atoms with E-state index in [2.05, 4.69) is 69.8 Å². The van der Waals surface area contributed by atoms with Crippen molar-refractivity contribution in [1.82, 2.24) is 0 Å². The number of carbonyl (C=O) groups is 1. The first-order valence-electron chi connectivity index (χ1n) is 9.19. The third-order valence-corrected chi connectivity index (χ3v) is 9.94. The first-order chi connectivity index (χ1) is 14.1. The van der Waals surface area contributed by atoms with E-state index in [4.69, 9.17) is 9.47 Å². The molecule has 3 atom stereocenters. The average Bonchev–Trinajstić information content (AvgIpc) is 3.27. The molecule has 2 aromatic rings. The summed E-state index contributed by atoms with van der Waals surface area (Å²) in [6.45, 7) is 4.11. The van der Waals surface area contributed by atoms with Crippen LogP contribution in [0.15, 0.2) is 48.5 Å². The Labute approximate surface area is 209 Å². The molecule has 4 nitrogen and oxygen atoms in total. The summed E-state index contributed by atoms with van der Waals surface area (Å²) < 4.78 is 10.9. The SMILES string of the molecule is CC1(C)[C@@H]([C@@H](Br)C(Br)(Br)Br)[C@H]1C(=O)OCc1cccc(Oc2ccccc2)c1C#N. The topological polar surface area (TPSA) is 59.3 Å². The molecular formula is C22H19Br4NO3. The molecule has 0 saturated heterocycles. The number of nitrogens with zero attached hydrogens (tertiary/aromatic N) is 1. The van der Waals surface area contributed by atoms with Crippen molar-refractivity contribution in [3.63, 3.8) is 0 Å². The summed E-state index contributed by atoms with van der Waals surface area (Å²) in [6.07, 6.45) is 0. The fourth-order valence-electron chi connectivity index (χ4n) is 3.64. The largest absolute Gasteiger partial charge is 0.461 e. The monoisotopic (exact) mass is 661 g/mol. The summed E-state index contributed by atoms with van der Waals surface area (Å²) in [7, 11) is 0. The number of rotatable bonds is 6. The van der Waals surface area contributed by atoms with E-state index >= 15 is 0 Å². The van der Waals surface area contributed by atoms with Gasteiger partial charge in [-0.05, 0) is 29.5 Å². The van der Waals surface area contributed by atoms with Crippen molar-refractivity contribution in [2.24, 2.45) is 17.3 Å². The Hall–Kier alpha value is -0.880. The fourth-order valence-corrected chi connectivity index (χ4v) is 5.48. The molecule has 1 saturated carbocycles. The highest BCUT2D eigenvalue weighted by atomic mass is 80.0. The molecule has 30 heavy (non-hydrogen) atoms. The summed E-state index contributed by atoms with van der Waals surface area (Å²) in [5, 5.41) is 9.66. The molecule has 0 amide bonds. The molecule has 0 bridgehead atoms. The fraction of sp³-hybridized carbons (Fsp3) is 0.364. The Morgan fingerprint density at radius 1 is 1.17 bits per heavy atom. The van der Waals surface area contributed by atoms with Crippen molar-refractivity contribution in [3.8, 4) is 17.6 Å². The predicted octanol–water partition coefficient (Wildman–Crippen LogP) is 7.27. The van der Waals surface area contributed by atoms with E-state index in [0.717, 1.165) is 0 Å². The van der Waals surface area contributed by atoms with Crippen LogP contribution in [0.4, 0.5) is 0 Å². The van der Waals surface area contributed by atoms with Crippen LogP contribution >= 0.6 is 63.7 Å². The van der Waals surface area contributed by atoms with Crippen molar-refractivity contribution in [2.75, 3.05) is 0 Å². The van der Waals surface area contributed by atoms with Crippen LogP contribution in [0, 0.1) is 28.6 Å². The number of carbonyl (C=O) groups excluding carboxylic acids is 1. The van der Waals surface area contributed by atoms with Gasteiger partial charge in [0.1, 0.15) is 31.9 Å². The molecule has 1 aliphatic carbocycles. The van der Waals surface area contributed by atoms with Crippen LogP contribution in [0.25, 0.3) is 0 Å². The van der Waals surface area contributed by atoms with Crippen LogP contribution < -0.4 is 4.74 Å². The molecule has 8 heteroatoms. The maximum absolute atomic E-state index is 12.8. The van der Waals surface area contributed by atoms with Crippen molar-refractivity contribution < 1.29 is 14.3 Å². The number of esters is 1. The molecular weight excluding hydrogens is 646 g/mol. The van der Waals surface area contributed by atoms with Crippen molar-refractivity contribution in [1.29, 1.82) is 5.26 Å². The standard InChI is InChI=1S/C22H19Br4NO3/c1-21(2)17(19(23)22(24,25)26)18(21)20(28)29-12-13-7-6-10-16(15(13)11-27)30-14-8-4-3-5-9-14/h3-10,17-19H,12H2,1-2H3/t17-,18+,19-/m1/s1. The molecule has 0 spiro atoms. The van der Waals surface area contributed by atoms with Gasteiger partial charge in [0.2, 0.25) is 0 Å². The number of ether oxygens (including phenoxy) is 2.